The van der Waals surface area contributed by atoms with Crippen LogP contribution < -0.4 is 15.5 Å². The summed E-state index contributed by atoms with van der Waals surface area (Å²) >= 11 is 0. The SMILES string of the molecule is CN(C)c1ncc(NC(=O)N[C@@H]2[C@@H]3CCO[C@H]3C2(C)C)cn1. The molecule has 1 aromatic rings. The molecule has 1 aliphatic carbocycles. The van der Waals surface area contributed by atoms with E-state index in [0.717, 1.165) is 13.0 Å². The summed E-state index contributed by atoms with van der Waals surface area (Å²) in [6.45, 7) is 5.07. The number of nitrogens with one attached hydrogen (secondary N) is 2. The van der Waals surface area contributed by atoms with Crippen molar-refractivity contribution in [2.75, 3.05) is 30.9 Å². The van der Waals surface area contributed by atoms with Gasteiger partial charge in [-0.25, -0.2) is 14.8 Å². The van der Waals surface area contributed by atoms with Gasteiger partial charge >= 0.3 is 6.03 Å². The number of nitrogens with zero attached hydrogens (tertiary/aromatic N) is 3. The van der Waals surface area contributed by atoms with Gasteiger partial charge in [0, 0.05) is 38.1 Å². The molecule has 7 heteroatoms. The molecule has 0 radical (unpaired) electrons. The van der Waals surface area contributed by atoms with Crippen LogP contribution in [0.1, 0.15) is 20.3 Å². The van der Waals surface area contributed by atoms with E-state index in [9.17, 15) is 4.79 Å². The summed E-state index contributed by atoms with van der Waals surface area (Å²) in [6, 6.07) is -0.0772. The number of ether oxygens (including phenoxy) is 1. The van der Waals surface area contributed by atoms with E-state index < -0.39 is 0 Å². The topological polar surface area (TPSA) is 79.4 Å². The summed E-state index contributed by atoms with van der Waals surface area (Å²) in [5, 5.41) is 5.86. The van der Waals surface area contributed by atoms with Crippen LogP contribution in [-0.2, 0) is 4.74 Å². The van der Waals surface area contributed by atoms with Crippen molar-refractivity contribution in [3.05, 3.63) is 12.4 Å². The molecule has 3 rings (SSSR count). The van der Waals surface area contributed by atoms with Crippen LogP contribution in [0.5, 0.6) is 0 Å². The fourth-order valence-corrected chi connectivity index (χ4v) is 3.54. The monoisotopic (exact) mass is 305 g/mol. The van der Waals surface area contributed by atoms with Gasteiger partial charge in [0.05, 0.1) is 24.2 Å². The first-order chi connectivity index (χ1) is 10.4. The first kappa shape index (κ1) is 15.0. The zero-order chi connectivity index (χ0) is 15.9. The predicted molar refractivity (Wildman–Crippen MR) is 83.9 cm³/mol. The number of fused-ring (bicyclic) bond motifs is 1. The molecule has 2 fully saturated rings. The van der Waals surface area contributed by atoms with Gasteiger partial charge < -0.3 is 20.3 Å². The van der Waals surface area contributed by atoms with Crippen molar-refractivity contribution in [2.45, 2.75) is 32.4 Å². The molecule has 120 valence electrons. The first-order valence-corrected chi connectivity index (χ1v) is 7.58. The molecule has 0 aromatic carbocycles. The van der Waals surface area contributed by atoms with E-state index >= 15 is 0 Å². The fourth-order valence-electron chi connectivity index (χ4n) is 3.54. The predicted octanol–water partition coefficient (Wildman–Crippen LogP) is 1.48. The second kappa shape index (κ2) is 5.39. The number of rotatable bonds is 3. The lowest BCUT2D eigenvalue weighted by atomic mass is 9.57. The second-order valence-electron chi connectivity index (χ2n) is 6.81. The summed E-state index contributed by atoms with van der Waals surface area (Å²) in [5.74, 6) is 1.03. The fraction of sp³-hybridized carbons (Fsp3) is 0.667. The van der Waals surface area contributed by atoms with Crippen LogP contribution >= 0.6 is 0 Å². The minimum absolute atomic E-state index is 0.0240. The van der Waals surface area contributed by atoms with E-state index in [1.807, 2.05) is 14.1 Å². The van der Waals surface area contributed by atoms with Gasteiger partial charge in [-0.05, 0) is 6.42 Å². The Morgan fingerprint density at radius 3 is 2.68 bits per heavy atom. The molecule has 0 bridgehead atoms. The molecule has 1 saturated heterocycles. The third-order valence-electron chi connectivity index (χ3n) is 4.68. The van der Waals surface area contributed by atoms with Crippen LogP contribution in [0.4, 0.5) is 16.4 Å². The Labute approximate surface area is 130 Å². The molecular weight excluding hydrogens is 282 g/mol. The summed E-state index contributed by atoms with van der Waals surface area (Å²) in [4.78, 5) is 22.3. The van der Waals surface area contributed by atoms with Gasteiger partial charge in [-0.15, -0.1) is 0 Å². The molecule has 2 amide bonds. The van der Waals surface area contributed by atoms with Crippen molar-refractivity contribution in [3.63, 3.8) is 0 Å². The third kappa shape index (κ3) is 2.49. The zero-order valence-electron chi connectivity index (χ0n) is 13.5. The van der Waals surface area contributed by atoms with Crippen molar-refractivity contribution in [1.29, 1.82) is 0 Å². The largest absolute Gasteiger partial charge is 0.377 e. The third-order valence-corrected chi connectivity index (χ3v) is 4.68. The van der Waals surface area contributed by atoms with Crippen LogP contribution in [0.2, 0.25) is 0 Å². The van der Waals surface area contributed by atoms with Gasteiger partial charge in [0.2, 0.25) is 5.95 Å². The van der Waals surface area contributed by atoms with E-state index in [1.54, 1.807) is 17.3 Å². The highest BCUT2D eigenvalue weighted by Crippen LogP contribution is 2.52. The standard InChI is InChI=1S/C15H23N5O2/c1-15(2)11(10-5-6-22-12(10)15)19-14(21)18-9-7-16-13(17-8-9)20(3)4/h7-8,10-12H,5-6H2,1-4H3,(H2,18,19,21)/t10-,11+,12+/m0/s1. The Balaban J connectivity index is 1.58. The average molecular weight is 305 g/mol. The van der Waals surface area contributed by atoms with Gasteiger partial charge in [-0.3, -0.25) is 0 Å². The Hall–Kier alpha value is -1.89. The molecule has 1 aliphatic heterocycles. The van der Waals surface area contributed by atoms with E-state index in [-0.39, 0.29) is 23.6 Å². The lowest BCUT2D eigenvalue weighted by molar-refractivity contribution is -0.107. The van der Waals surface area contributed by atoms with Crippen LogP contribution in [0.15, 0.2) is 12.4 Å². The molecule has 2 heterocycles. The summed E-state index contributed by atoms with van der Waals surface area (Å²) in [7, 11) is 3.74. The van der Waals surface area contributed by atoms with Gasteiger partial charge in [0.15, 0.2) is 0 Å². The van der Waals surface area contributed by atoms with Crippen molar-refractivity contribution >= 4 is 17.7 Å². The number of anilines is 2. The number of hydrogen-bond donors (Lipinski definition) is 2. The maximum absolute atomic E-state index is 12.2. The number of aromatic nitrogens is 2. The van der Waals surface area contributed by atoms with Crippen molar-refractivity contribution in [3.8, 4) is 0 Å². The van der Waals surface area contributed by atoms with Gasteiger partial charge in [0.25, 0.3) is 0 Å². The molecule has 7 nitrogen and oxygen atoms in total. The lowest BCUT2D eigenvalue weighted by Gasteiger charge is -2.54. The molecule has 0 spiro atoms. The van der Waals surface area contributed by atoms with Gasteiger partial charge in [-0.2, -0.15) is 0 Å². The van der Waals surface area contributed by atoms with Crippen LogP contribution in [0, 0.1) is 11.3 Å². The molecule has 22 heavy (non-hydrogen) atoms. The van der Waals surface area contributed by atoms with Gasteiger partial charge in [-0.1, -0.05) is 13.8 Å². The van der Waals surface area contributed by atoms with E-state index in [2.05, 4.69) is 34.4 Å². The highest BCUT2D eigenvalue weighted by molar-refractivity contribution is 5.89. The molecular formula is C15H23N5O2. The Morgan fingerprint density at radius 2 is 2.05 bits per heavy atom. The maximum Gasteiger partial charge on any atom is 0.319 e. The molecule has 0 unspecified atom stereocenters. The molecule has 2 N–H and O–H groups in total. The zero-order valence-corrected chi connectivity index (χ0v) is 13.5. The van der Waals surface area contributed by atoms with Crippen molar-refractivity contribution in [1.82, 2.24) is 15.3 Å². The maximum atomic E-state index is 12.2. The summed E-state index contributed by atoms with van der Waals surface area (Å²) in [6.07, 6.45) is 4.49. The van der Waals surface area contributed by atoms with Crippen molar-refractivity contribution in [2.24, 2.45) is 11.3 Å². The Morgan fingerprint density at radius 1 is 1.36 bits per heavy atom. The number of urea groups is 1. The quantitative estimate of drug-likeness (QED) is 0.884. The molecule has 3 atom stereocenters. The Kier molecular flexibility index (Phi) is 3.68. The van der Waals surface area contributed by atoms with E-state index in [1.165, 1.54) is 0 Å². The minimum atomic E-state index is -0.218. The summed E-state index contributed by atoms with van der Waals surface area (Å²) in [5.41, 5.74) is 0.559. The van der Waals surface area contributed by atoms with Crippen molar-refractivity contribution < 1.29 is 9.53 Å². The highest BCUT2D eigenvalue weighted by Gasteiger charge is 2.59. The van der Waals surface area contributed by atoms with E-state index in [0.29, 0.717) is 17.6 Å². The number of hydrogen-bond acceptors (Lipinski definition) is 5. The average Bonchev–Trinajstić information content (AvgIpc) is 2.92. The van der Waals surface area contributed by atoms with Crippen LogP contribution in [0.3, 0.4) is 0 Å². The number of carbonyl (C=O) groups excluding carboxylic acids is 1. The van der Waals surface area contributed by atoms with Gasteiger partial charge in [0.1, 0.15) is 0 Å². The first-order valence-electron chi connectivity index (χ1n) is 7.58. The smallest absolute Gasteiger partial charge is 0.319 e. The van der Waals surface area contributed by atoms with Crippen LogP contribution in [-0.4, -0.2) is 48.8 Å². The molecule has 1 saturated carbocycles. The lowest BCUT2D eigenvalue weighted by Crippen LogP contribution is -2.67. The minimum Gasteiger partial charge on any atom is -0.377 e. The second-order valence-corrected chi connectivity index (χ2v) is 6.81. The van der Waals surface area contributed by atoms with Crippen LogP contribution in [0.25, 0.3) is 0 Å². The van der Waals surface area contributed by atoms with E-state index in [4.69, 9.17) is 4.74 Å². The number of amides is 2. The highest BCUT2D eigenvalue weighted by atomic mass is 16.5. The number of carbonyl (C=O) groups is 1. The summed E-state index contributed by atoms with van der Waals surface area (Å²) < 4.78 is 5.74. The molecule has 1 aromatic heterocycles. The Bertz CT molecular complexity index is 558. The normalized spacial score (nSPS) is 28.5. The molecule has 2 aliphatic rings.